The lowest BCUT2D eigenvalue weighted by Crippen LogP contribution is -2.35. The highest BCUT2D eigenvalue weighted by atomic mass is 16.5. The summed E-state index contributed by atoms with van der Waals surface area (Å²) in [6.45, 7) is 3.24. The molecule has 0 N–H and O–H groups in total. The van der Waals surface area contributed by atoms with E-state index in [4.69, 9.17) is 14.2 Å². The molecule has 28 heavy (non-hydrogen) atoms. The average Bonchev–Trinajstić information content (AvgIpc) is 2.75. The summed E-state index contributed by atoms with van der Waals surface area (Å²) < 4.78 is 16.5. The lowest BCUT2D eigenvalue weighted by Gasteiger charge is -2.34. The largest absolute Gasteiger partial charge is 0.496 e. The van der Waals surface area contributed by atoms with Gasteiger partial charge >= 0.3 is 0 Å². The molecule has 1 aliphatic heterocycles. The molecule has 0 spiro atoms. The Balaban J connectivity index is 1.95. The zero-order chi connectivity index (χ0) is 19.9. The first-order valence-corrected chi connectivity index (χ1v) is 9.73. The molecule has 2 aromatic carbocycles. The smallest absolute Gasteiger partial charge is 0.133 e. The second-order valence-corrected chi connectivity index (χ2v) is 6.76. The Morgan fingerprint density at radius 1 is 1.00 bits per heavy atom. The highest BCUT2D eigenvalue weighted by molar-refractivity contribution is 5.74. The van der Waals surface area contributed by atoms with Crippen LogP contribution in [0.25, 0.3) is 12.2 Å². The van der Waals surface area contributed by atoms with Crippen LogP contribution in [0.1, 0.15) is 30.9 Å². The van der Waals surface area contributed by atoms with E-state index in [-0.39, 0.29) is 6.04 Å². The maximum Gasteiger partial charge on any atom is 0.133 e. The maximum atomic E-state index is 5.58. The third-order valence-electron chi connectivity index (χ3n) is 5.04. The highest BCUT2D eigenvalue weighted by Gasteiger charge is 2.20. The molecule has 0 amide bonds. The minimum absolute atomic E-state index is 0.179. The van der Waals surface area contributed by atoms with Gasteiger partial charge in [-0.2, -0.15) is 0 Å². The van der Waals surface area contributed by atoms with Gasteiger partial charge in [0.05, 0.1) is 32.9 Å². The molecule has 0 fully saturated rings. The summed E-state index contributed by atoms with van der Waals surface area (Å²) in [5.41, 5.74) is 3.46. The van der Waals surface area contributed by atoms with Crippen LogP contribution in [0.4, 0.5) is 5.69 Å². The van der Waals surface area contributed by atoms with E-state index in [9.17, 15) is 0 Å². The third-order valence-corrected chi connectivity index (χ3v) is 5.04. The quantitative estimate of drug-likeness (QED) is 0.612. The summed E-state index contributed by atoms with van der Waals surface area (Å²) in [4.78, 5) is 2.46. The van der Waals surface area contributed by atoms with Crippen molar-refractivity contribution in [3.8, 4) is 17.2 Å². The minimum Gasteiger partial charge on any atom is -0.496 e. The number of ether oxygens (including phenoxy) is 3. The molecule has 0 saturated carbocycles. The molecule has 4 heteroatoms. The lowest BCUT2D eigenvalue weighted by atomic mass is 10.0. The number of rotatable bonds is 8. The topological polar surface area (TPSA) is 30.9 Å². The standard InChI is InChI=1S/C24H29NO3/c1-5-6-15-25-19(12-11-18-9-7-8-10-22(18)25)13-14-21-23(27-3)16-20(26-2)17-24(21)28-4/h7-14,16-17,19H,5-6,15H2,1-4H3/b14-13+. The molecule has 1 heterocycles. The van der Waals surface area contributed by atoms with Crippen LogP contribution in [0, 0.1) is 0 Å². The van der Waals surface area contributed by atoms with Crippen LogP contribution in [0.3, 0.4) is 0 Å². The molecule has 0 radical (unpaired) electrons. The molecule has 4 nitrogen and oxygen atoms in total. The van der Waals surface area contributed by atoms with Gasteiger partial charge in [-0.05, 0) is 24.1 Å². The van der Waals surface area contributed by atoms with Crippen molar-refractivity contribution in [2.24, 2.45) is 0 Å². The van der Waals surface area contributed by atoms with Gasteiger partial charge in [-0.15, -0.1) is 0 Å². The molecule has 1 atom stereocenters. The van der Waals surface area contributed by atoms with E-state index in [0.29, 0.717) is 5.75 Å². The van der Waals surface area contributed by atoms with Crippen molar-refractivity contribution in [1.29, 1.82) is 0 Å². The fraction of sp³-hybridized carbons (Fsp3) is 0.333. The normalized spacial score (nSPS) is 15.6. The van der Waals surface area contributed by atoms with Crippen LogP contribution >= 0.6 is 0 Å². The van der Waals surface area contributed by atoms with E-state index in [1.165, 1.54) is 17.7 Å². The molecule has 0 bridgehead atoms. The average molecular weight is 380 g/mol. The van der Waals surface area contributed by atoms with Gasteiger partial charge in [0.2, 0.25) is 0 Å². The van der Waals surface area contributed by atoms with Gasteiger partial charge in [0.1, 0.15) is 17.2 Å². The fourth-order valence-corrected chi connectivity index (χ4v) is 3.51. The molecule has 1 unspecified atom stereocenters. The SMILES string of the molecule is CCCCN1c2ccccc2C=CC1/C=C/c1c(OC)cc(OC)cc1OC. The summed E-state index contributed by atoms with van der Waals surface area (Å²) in [6.07, 6.45) is 11.1. The minimum atomic E-state index is 0.179. The van der Waals surface area contributed by atoms with E-state index in [1.807, 2.05) is 12.1 Å². The predicted molar refractivity (Wildman–Crippen MR) is 117 cm³/mol. The van der Waals surface area contributed by atoms with E-state index in [1.54, 1.807) is 21.3 Å². The van der Waals surface area contributed by atoms with Gasteiger partial charge in [0.25, 0.3) is 0 Å². The third kappa shape index (κ3) is 4.16. The van der Waals surface area contributed by atoms with Crippen molar-refractivity contribution < 1.29 is 14.2 Å². The van der Waals surface area contributed by atoms with Gasteiger partial charge in [-0.1, -0.05) is 49.8 Å². The second-order valence-electron chi connectivity index (χ2n) is 6.76. The Hall–Kier alpha value is -2.88. The van der Waals surface area contributed by atoms with Crippen molar-refractivity contribution in [2.75, 3.05) is 32.8 Å². The predicted octanol–water partition coefficient (Wildman–Crippen LogP) is 5.43. The van der Waals surface area contributed by atoms with Crippen LogP contribution in [-0.4, -0.2) is 33.9 Å². The van der Waals surface area contributed by atoms with E-state index < -0.39 is 0 Å². The first-order valence-electron chi connectivity index (χ1n) is 9.73. The van der Waals surface area contributed by atoms with E-state index in [0.717, 1.165) is 30.0 Å². The number of fused-ring (bicyclic) bond motifs is 1. The van der Waals surface area contributed by atoms with Crippen molar-refractivity contribution in [1.82, 2.24) is 0 Å². The van der Waals surface area contributed by atoms with Gasteiger partial charge in [-0.3, -0.25) is 0 Å². The zero-order valence-electron chi connectivity index (χ0n) is 17.1. The van der Waals surface area contributed by atoms with Crippen LogP contribution in [0.5, 0.6) is 17.2 Å². The number of benzene rings is 2. The summed E-state index contributed by atoms with van der Waals surface area (Å²) in [5, 5.41) is 0. The van der Waals surface area contributed by atoms with Crippen LogP contribution in [0.2, 0.25) is 0 Å². The Morgan fingerprint density at radius 2 is 1.71 bits per heavy atom. The van der Waals surface area contributed by atoms with Crippen molar-refractivity contribution >= 4 is 17.8 Å². The summed E-state index contributed by atoms with van der Waals surface area (Å²) in [6, 6.07) is 12.5. The number of nitrogens with zero attached hydrogens (tertiary/aromatic N) is 1. The van der Waals surface area contributed by atoms with Crippen LogP contribution in [-0.2, 0) is 0 Å². The van der Waals surface area contributed by atoms with Crippen molar-refractivity contribution in [2.45, 2.75) is 25.8 Å². The number of unbranched alkanes of at least 4 members (excludes halogenated alkanes) is 1. The molecule has 3 rings (SSSR count). The Bertz CT molecular complexity index is 832. The number of methoxy groups -OCH3 is 3. The zero-order valence-corrected chi connectivity index (χ0v) is 17.1. The van der Waals surface area contributed by atoms with Crippen LogP contribution < -0.4 is 19.1 Å². The molecule has 0 saturated heterocycles. The second kappa shape index (κ2) is 9.36. The Kier molecular flexibility index (Phi) is 6.64. The first kappa shape index (κ1) is 19.9. The maximum absolute atomic E-state index is 5.58. The number of anilines is 1. The van der Waals surface area contributed by atoms with Crippen molar-refractivity contribution in [3.63, 3.8) is 0 Å². The number of hydrogen-bond donors (Lipinski definition) is 0. The monoisotopic (exact) mass is 379 g/mol. The number of hydrogen-bond acceptors (Lipinski definition) is 4. The fourth-order valence-electron chi connectivity index (χ4n) is 3.51. The Labute approximate surface area is 168 Å². The molecular formula is C24H29NO3. The van der Waals surface area contributed by atoms with Gasteiger partial charge in [0.15, 0.2) is 0 Å². The molecule has 0 aromatic heterocycles. The molecule has 1 aliphatic rings. The first-order chi connectivity index (χ1) is 13.7. The lowest BCUT2D eigenvalue weighted by molar-refractivity contribution is 0.374. The molecular weight excluding hydrogens is 350 g/mol. The summed E-state index contributed by atoms with van der Waals surface area (Å²) in [5.74, 6) is 2.17. The number of para-hydroxylation sites is 1. The Morgan fingerprint density at radius 3 is 2.36 bits per heavy atom. The van der Waals surface area contributed by atoms with Gasteiger partial charge < -0.3 is 19.1 Å². The molecule has 148 valence electrons. The van der Waals surface area contributed by atoms with E-state index in [2.05, 4.69) is 60.4 Å². The van der Waals surface area contributed by atoms with Gasteiger partial charge in [-0.25, -0.2) is 0 Å². The van der Waals surface area contributed by atoms with Gasteiger partial charge in [0, 0.05) is 24.4 Å². The molecule has 2 aromatic rings. The summed E-state index contributed by atoms with van der Waals surface area (Å²) in [7, 11) is 4.96. The highest BCUT2D eigenvalue weighted by Crippen LogP contribution is 2.36. The molecule has 0 aliphatic carbocycles. The van der Waals surface area contributed by atoms with Crippen LogP contribution in [0.15, 0.2) is 48.6 Å². The summed E-state index contributed by atoms with van der Waals surface area (Å²) >= 11 is 0. The van der Waals surface area contributed by atoms with E-state index >= 15 is 0 Å². The van der Waals surface area contributed by atoms with Crippen molar-refractivity contribution in [3.05, 3.63) is 59.7 Å².